The molecule has 2 nitrogen and oxygen atoms in total. The second-order valence-electron chi connectivity index (χ2n) is 2.83. The highest BCUT2D eigenvalue weighted by Crippen LogP contribution is 2.36. The second-order valence-corrected chi connectivity index (χ2v) is 2.83. The van der Waals surface area contributed by atoms with E-state index in [9.17, 15) is 0 Å². The molecule has 0 aromatic carbocycles. The van der Waals surface area contributed by atoms with Crippen LogP contribution >= 0.6 is 0 Å². The van der Waals surface area contributed by atoms with Gasteiger partial charge in [0.2, 0.25) is 0 Å². The predicted octanol–water partition coefficient (Wildman–Crippen LogP) is 1.46. The van der Waals surface area contributed by atoms with Crippen molar-refractivity contribution in [2.24, 2.45) is 5.73 Å². The van der Waals surface area contributed by atoms with E-state index in [1.807, 2.05) is 6.92 Å². The number of hydrogen-bond acceptors (Lipinski definition) is 2. The first-order valence-corrected chi connectivity index (χ1v) is 4.12. The lowest BCUT2D eigenvalue weighted by Crippen LogP contribution is -2.10. The summed E-state index contributed by atoms with van der Waals surface area (Å²) >= 11 is 0. The Bertz CT molecular complexity index is 202. The van der Waals surface area contributed by atoms with Gasteiger partial charge in [-0.1, -0.05) is 6.08 Å². The largest absolute Gasteiger partial charge is 0.339 e. The van der Waals surface area contributed by atoms with E-state index in [4.69, 9.17) is 5.73 Å². The molecular weight excluding hydrogens is 136 g/mol. The Hall–Kier alpha value is -0.760. The van der Waals surface area contributed by atoms with Crippen molar-refractivity contribution >= 4 is 0 Å². The van der Waals surface area contributed by atoms with Gasteiger partial charge in [0.1, 0.15) is 0 Å². The summed E-state index contributed by atoms with van der Waals surface area (Å²) < 4.78 is 0. The molecule has 0 radical (unpaired) electrons. The van der Waals surface area contributed by atoms with Gasteiger partial charge in [0.05, 0.1) is 11.4 Å². The molecular formula is C9H16N2. The van der Waals surface area contributed by atoms with E-state index < -0.39 is 0 Å². The van der Waals surface area contributed by atoms with Crippen molar-refractivity contribution < 1.29 is 0 Å². The average molecular weight is 152 g/mol. The Morgan fingerprint density at radius 1 is 1.55 bits per heavy atom. The Labute approximate surface area is 68.4 Å². The topological polar surface area (TPSA) is 29.0 Å². The molecule has 1 heterocycles. The van der Waals surface area contributed by atoms with Gasteiger partial charge in [-0.3, -0.25) is 0 Å². The minimum Gasteiger partial charge on any atom is -0.339 e. The molecule has 1 unspecified atom stereocenters. The van der Waals surface area contributed by atoms with E-state index in [1.165, 1.54) is 11.4 Å². The molecule has 0 amide bonds. The van der Waals surface area contributed by atoms with Gasteiger partial charge in [0.15, 0.2) is 0 Å². The summed E-state index contributed by atoms with van der Waals surface area (Å²) in [5, 5.41) is 0. The Balaban J connectivity index is 2.65. The SMILES string of the molecule is CC=C1/C(=C\C(C)N)N1CC. The maximum Gasteiger partial charge on any atom is 0.0624 e. The van der Waals surface area contributed by atoms with Crippen molar-refractivity contribution in [2.75, 3.05) is 6.54 Å². The maximum atomic E-state index is 5.64. The van der Waals surface area contributed by atoms with Gasteiger partial charge in [-0.2, -0.15) is 0 Å². The van der Waals surface area contributed by atoms with Gasteiger partial charge < -0.3 is 10.6 Å². The number of allylic oxidation sites excluding steroid dienone is 1. The van der Waals surface area contributed by atoms with Gasteiger partial charge in [0.25, 0.3) is 0 Å². The van der Waals surface area contributed by atoms with Crippen molar-refractivity contribution in [3.8, 4) is 0 Å². The first-order chi connectivity index (χ1) is 5.20. The van der Waals surface area contributed by atoms with Crippen LogP contribution in [-0.4, -0.2) is 17.5 Å². The summed E-state index contributed by atoms with van der Waals surface area (Å²) in [6, 6.07) is 0.163. The lowest BCUT2D eigenvalue weighted by molar-refractivity contribution is 0.648. The number of nitrogens with two attached hydrogens (primary N) is 1. The standard InChI is InChI=1S/C9H16N2/c1-4-8-9(6-7(3)10)11(8)5-2/h4,6-7H,5,10H2,1-3H3/b8-4?,9-6+. The molecule has 2 N–H and O–H groups in total. The summed E-state index contributed by atoms with van der Waals surface area (Å²) in [7, 11) is 0. The van der Waals surface area contributed by atoms with Crippen molar-refractivity contribution in [3.05, 3.63) is 23.5 Å². The Morgan fingerprint density at radius 2 is 2.18 bits per heavy atom. The fourth-order valence-corrected chi connectivity index (χ4v) is 1.30. The molecule has 0 aliphatic carbocycles. The van der Waals surface area contributed by atoms with Crippen LogP contribution in [-0.2, 0) is 0 Å². The monoisotopic (exact) mass is 152 g/mol. The lowest BCUT2D eigenvalue weighted by Gasteiger charge is -1.92. The molecule has 0 spiro atoms. The second kappa shape index (κ2) is 3.09. The van der Waals surface area contributed by atoms with Crippen LogP contribution in [0.1, 0.15) is 20.8 Å². The van der Waals surface area contributed by atoms with E-state index in [0.717, 1.165) is 6.54 Å². The molecule has 1 atom stereocenters. The molecule has 0 saturated carbocycles. The van der Waals surface area contributed by atoms with Gasteiger partial charge in [-0.05, 0) is 26.8 Å². The minimum atomic E-state index is 0.163. The van der Waals surface area contributed by atoms with Gasteiger partial charge in [-0.15, -0.1) is 0 Å². The molecule has 0 aromatic heterocycles. The summed E-state index contributed by atoms with van der Waals surface area (Å²) in [5.74, 6) is 0. The van der Waals surface area contributed by atoms with Crippen LogP contribution in [0.15, 0.2) is 23.5 Å². The molecule has 1 saturated heterocycles. The van der Waals surface area contributed by atoms with Crippen molar-refractivity contribution in [3.63, 3.8) is 0 Å². The zero-order valence-electron chi connectivity index (χ0n) is 7.46. The molecule has 1 aliphatic heterocycles. The molecule has 1 aliphatic rings. The highest BCUT2D eigenvalue weighted by atomic mass is 15.3. The van der Waals surface area contributed by atoms with E-state index in [2.05, 4.69) is 30.9 Å². The zero-order valence-corrected chi connectivity index (χ0v) is 7.46. The average Bonchev–Trinajstić information content (AvgIpc) is 2.60. The molecule has 0 aromatic rings. The fourth-order valence-electron chi connectivity index (χ4n) is 1.30. The van der Waals surface area contributed by atoms with E-state index in [-0.39, 0.29) is 6.04 Å². The molecule has 0 bridgehead atoms. The van der Waals surface area contributed by atoms with E-state index in [0.29, 0.717) is 0 Å². The van der Waals surface area contributed by atoms with Crippen LogP contribution in [0.25, 0.3) is 0 Å². The Morgan fingerprint density at radius 3 is 2.45 bits per heavy atom. The summed E-state index contributed by atoms with van der Waals surface area (Å²) in [5.41, 5.74) is 8.28. The van der Waals surface area contributed by atoms with Crippen LogP contribution in [0, 0.1) is 0 Å². The smallest absolute Gasteiger partial charge is 0.0624 e. The first-order valence-electron chi connectivity index (χ1n) is 4.12. The number of likely N-dealkylation sites (N-methyl/N-ethyl adjacent to an activating group) is 1. The third-order valence-corrected chi connectivity index (χ3v) is 1.80. The summed E-state index contributed by atoms with van der Waals surface area (Å²) in [6.07, 6.45) is 4.22. The molecule has 1 rings (SSSR count). The van der Waals surface area contributed by atoms with Crippen LogP contribution in [0.2, 0.25) is 0 Å². The fraction of sp³-hybridized carbons (Fsp3) is 0.556. The van der Waals surface area contributed by atoms with E-state index in [1.54, 1.807) is 0 Å². The van der Waals surface area contributed by atoms with E-state index >= 15 is 0 Å². The predicted molar refractivity (Wildman–Crippen MR) is 47.9 cm³/mol. The van der Waals surface area contributed by atoms with Crippen LogP contribution in [0.5, 0.6) is 0 Å². The summed E-state index contributed by atoms with van der Waals surface area (Å²) in [6.45, 7) is 7.25. The van der Waals surface area contributed by atoms with Gasteiger partial charge >= 0.3 is 0 Å². The minimum absolute atomic E-state index is 0.163. The van der Waals surface area contributed by atoms with Crippen LogP contribution < -0.4 is 5.73 Å². The summed E-state index contributed by atoms with van der Waals surface area (Å²) in [4.78, 5) is 2.25. The highest BCUT2D eigenvalue weighted by molar-refractivity contribution is 5.47. The lowest BCUT2D eigenvalue weighted by atomic mass is 10.3. The zero-order chi connectivity index (χ0) is 8.43. The third-order valence-electron chi connectivity index (χ3n) is 1.80. The van der Waals surface area contributed by atoms with Crippen molar-refractivity contribution in [1.29, 1.82) is 0 Å². The maximum absolute atomic E-state index is 5.64. The number of rotatable bonds is 2. The Kier molecular flexibility index (Phi) is 2.35. The highest BCUT2D eigenvalue weighted by Gasteiger charge is 2.30. The molecule has 2 heteroatoms. The third kappa shape index (κ3) is 1.63. The van der Waals surface area contributed by atoms with Crippen LogP contribution in [0.3, 0.4) is 0 Å². The molecule has 11 heavy (non-hydrogen) atoms. The van der Waals surface area contributed by atoms with Crippen LogP contribution in [0.4, 0.5) is 0 Å². The van der Waals surface area contributed by atoms with Gasteiger partial charge in [0, 0.05) is 12.6 Å². The molecule has 62 valence electrons. The quantitative estimate of drug-likeness (QED) is 0.607. The normalized spacial score (nSPS) is 26.4. The number of hydrogen-bond donors (Lipinski definition) is 1. The van der Waals surface area contributed by atoms with Gasteiger partial charge in [-0.25, -0.2) is 0 Å². The first kappa shape index (κ1) is 8.34. The van der Waals surface area contributed by atoms with Crippen molar-refractivity contribution in [1.82, 2.24) is 4.90 Å². The number of nitrogens with zero attached hydrogens (tertiary/aromatic N) is 1. The molecule has 1 fully saturated rings. The van der Waals surface area contributed by atoms with Crippen molar-refractivity contribution in [2.45, 2.75) is 26.8 Å².